The maximum absolute atomic E-state index is 13.2. The zero-order chi connectivity index (χ0) is 15.4. The van der Waals surface area contributed by atoms with E-state index in [1.54, 1.807) is 25.1 Å². The van der Waals surface area contributed by atoms with Gasteiger partial charge in [-0.05, 0) is 36.8 Å². The van der Waals surface area contributed by atoms with Crippen LogP contribution in [0.5, 0.6) is 5.75 Å². The molecule has 0 heterocycles. The van der Waals surface area contributed by atoms with Gasteiger partial charge in [0.1, 0.15) is 11.6 Å². The van der Waals surface area contributed by atoms with Crippen molar-refractivity contribution in [3.05, 3.63) is 52.8 Å². The van der Waals surface area contributed by atoms with E-state index in [0.717, 1.165) is 11.6 Å². The van der Waals surface area contributed by atoms with Gasteiger partial charge in [-0.3, -0.25) is 4.79 Å². The molecule has 0 fully saturated rings. The molecule has 1 amide bonds. The van der Waals surface area contributed by atoms with Crippen LogP contribution >= 0.6 is 11.6 Å². The number of hydrogen-bond donors (Lipinski definition) is 2. The van der Waals surface area contributed by atoms with E-state index in [2.05, 4.69) is 5.32 Å². The fourth-order valence-corrected chi connectivity index (χ4v) is 1.81. The average Bonchev–Trinajstić information content (AvgIpc) is 2.45. The summed E-state index contributed by atoms with van der Waals surface area (Å²) in [6, 6.07) is 9.22. The lowest BCUT2D eigenvalue weighted by Crippen LogP contribution is -2.20. The lowest BCUT2D eigenvalue weighted by molar-refractivity contribution is -0.118. The van der Waals surface area contributed by atoms with Crippen molar-refractivity contribution < 1.29 is 13.9 Å². The molecule has 0 bridgehead atoms. The van der Waals surface area contributed by atoms with E-state index in [1.165, 1.54) is 12.1 Å². The number of ether oxygens (including phenoxy) is 1. The fourth-order valence-electron chi connectivity index (χ4n) is 1.69. The first-order chi connectivity index (χ1) is 9.97. The summed E-state index contributed by atoms with van der Waals surface area (Å²) in [5, 5.41) is 2.69. The highest BCUT2D eigenvalue weighted by Gasteiger charge is 2.08. The predicted octanol–water partition coefficient (Wildman–Crippen LogP) is 3.39. The van der Waals surface area contributed by atoms with Crippen LogP contribution in [0.15, 0.2) is 36.4 Å². The van der Waals surface area contributed by atoms with Gasteiger partial charge in [-0.15, -0.1) is 0 Å². The third-order valence-corrected chi connectivity index (χ3v) is 3.22. The normalized spacial score (nSPS) is 10.2. The van der Waals surface area contributed by atoms with E-state index >= 15 is 0 Å². The zero-order valence-electron chi connectivity index (χ0n) is 11.3. The smallest absolute Gasteiger partial charge is 0.262 e. The van der Waals surface area contributed by atoms with Crippen LogP contribution in [0.25, 0.3) is 0 Å². The summed E-state index contributed by atoms with van der Waals surface area (Å²) in [5.74, 6) is -0.725. The van der Waals surface area contributed by atoms with Crippen molar-refractivity contribution in [1.82, 2.24) is 0 Å². The maximum Gasteiger partial charge on any atom is 0.262 e. The SMILES string of the molecule is Cc1c(N)cccc1NC(=O)COc1ccc(Cl)c(F)c1. The molecule has 110 valence electrons. The second-order valence-corrected chi connectivity index (χ2v) is 4.84. The van der Waals surface area contributed by atoms with E-state index in [4.69, 9.17) is 22.1 Å². The Labute approximate surface area is 126 Å². The van der Waals surface area contributed by atoms with Gasteiger partial charge >= 0.3 is 0 Å². The molecule has 3 N–H and O–H groups in total. The molecular weight excluding hydrogens is 295 g/mol. The van der Waals surface area contributed by atoms with Crippen molar-refractivity contribution in [3.63, 3.8) is 0 Å². The first-order valence-corrected chi connectivity index (χ1v) is 6.58. The topological polar surface area (TPSA) is 64.3 Å². The minimum Gasteiger partial charge on any atom is -0.484 e. The third kappa shape index (κ3) is 3.86. The van der Waals surface area contributed by atoms with Gasteiger partial charge in [-0.1, -0.05) is 17.7 Å². The quantitative estimate of drug-likeness (QED) is 0.851. The highest BCUT2D eigenvalue weighted by molar-refractivity contribution is 6.30. The summed E-state index contributed by atoms with van der Waals surface area (Å²) in [7, 11) is 0. The maximum atomic E-state index is 13.2. The number of carbonyl (C=O) groups excluding carboxylic acids is 1. The number of anilines is 2. The molecule has 0 aromatic heterocycles. The monoisotopic (exact) mass is 308 g/mol. The van der Waals surface area contributed by atoms with Crippen LogP contribution in [0.3, 0.4) is 0 Å². The van der Waals surface area contributed by atoms with Crippen LogP contribution in [0.4, 0.5) is 15.8 Å². The lowest BCUT2D eigenvalue weighted by atomic mass is 10.1. The molecule has 2 aromatic carbocycles. The summed E-state index contributed by atoms with van der Waals surface area (Å²) in [5.41, 5.74) is 7.74. The number of nitrogens with one attached hydrogen (secondary N) is 1. The van der Waals surface area contributed by atoms with Gasteiger partial charge in [0, 0.05) is 17.4 Å². The Morgan fingerprint density at radius 3 is 2.86 bits per heavy atom. The molecule has 0 atom stereocenters. The standard InChI is InChI=1S/C15H14ClFN2O2/c1-9-13(18)3-2-4-14(9)19-15(20)8-21-10-5-6-11(16)12(17)7-10/h2-7H,8,18H2,1H3,(H,19,20). The lowest BCUT2D eigenvalue weighted by Gasteiger charge is -2.11. The summed E-state index contributed by atoms with van der Waals surface area (Å²) in [6.45, 7) is 1.57. The van der Waals surface area contributed by atoms with Crippen LogP contribution in [0, 0.1) is 12.7 Å². The van der Waals surface area contributed by atoms with Crippen molar-refractivity contribution in [2.45, 2.75) is 6.92 Å². The number of nitrogens with two attached hydrogens (primary N) is 1. The summed E-state index contributed by atoms with van der Waals surface area (Å²) < 4.78 is 18.4. The minimum absolute atomic E-state index is 0.00203. The predicted molar refractivity (Wildman–Crippen MR) is 81.1 cm³/mol. The van der Waals surface area contributed by atoms with E-state index in [9.17, 15) is 9.18 Å². The van der Waals surface area contributed by atoms with Crippen LogP contribution in [0.1, 0.15) is 5.56 Å². The molecule has 0 aliphatic rings. The Hall–Kier alpha value is -2.27. The van der Waals surface area contributed by atoms with E-state index in [0.29, 0.717) is 11.4 Å². The van der Waals surface area contributed by atoms with Crippen LogP contribution in [0.2, 0.25) is 5.02 Å². The number of hydrogen-bond acceptors (Lipinski definition) is 3. The van der Waals surface area contributed by atoms with Crippen LogP contribution < -0.4 is 15.8 Å². The first-order valence-electron chi connectivity index (χ1n) is 6.20. The van der Waals surface area contributed by atoms with E-state index < -0.39 is 5.82 Å². The molecule has 0 spiro atoms. The average molecular weight is 309 g/mol. The molecule has 0 radical (unpaired) electrons. The molecule has 0 saturated heterocycles. The highest BCUT2D eigenvalue weighted by Crippen LogP contribution is 2.21. The number of carbonyl (C=O) groups is 1. The molecule has 0 aliphatic heterocycles. The molecule has 4 nitrogen and oxygen atoms in total. The fraction of sp³-hybridized carbons (Fsp3) is 0.133. The number of nitrogen functional groups attached to an aromatic ring is 1. The second-order valence-electron chi connectivity index (χ2n) is 4.43. The van der Waals surface area contributed by atoms with Crippen molar-refractivity contribution in [2.75, 3.05) is 17.7 Å². The highest BCUT2D eigenvalue weighted by atomic mass is 35.5. The Kier molecular flexibility index (Phi) is 4.65. The van der Waals surface area contributed by atoms with Gasteiger partial charge in [0.05, 0.1) is 5.02 Å². The van der Waals surface area contributed by atoms with Crippen LogP contribution in [-0.4, -0.2) is 12.5 Å². The van der Waals surface area contributed by atoms with Gasteiger partial charge in [-0.2, -0.15) is 0 Å². The summed E-state index contributed by atoms with van der Waals surface area (Å²) in [6.07, 6.45) is 0. The number of amides is 1. The Morgan fingerprint density at radius 2 is 2.14 bits per heavy atom. The molecule has 0 aliphatic carbocycles. The van der Waals surface area contributed by atoms with Gasteiger partial charge in [-0.25, -0.2) is 4.39 Å². The number of benzene rings is 2. The molecule has 2 rings (SSSR count). The van der Waals surface area contributed by atoms with Gasteiger partial charge in [0.2, 0.25) is 0 Å². The van der Waals surface area contributed by atoms with Crippen LogP contribution in [-0.2, 0) is 4.79 Å². The molecule has 0 unspecified atom stereocenters. The van der Waals surface area contributed by atoms with Gasteiger partial charge < -0.3 is 15.8 Å². The number of halogens is 2. The molecule has 21 heavy (non-hydrogen) atoms. The van der Waals surface area contributed by atoms with Gasteiger partial charge in [0.15, 0.2) is 6.61 Å². The minimum atomic E-state index is -0.596. The van der Waals surface area contributed by atoms with Crippen molar-refractivity contribution in [3.8, 4) is 5.75 Å². The van der Waals surface area contributed by atoms with E-state index in [-0.39, 0.29) is 23.3 Å². The Morgan fingerprint density at radius 1 is 1.38 bits per heavy atom. The van der Waals surface area contributed by atoms with E-state index in [1.807, 2.05) is 0 Å². The van der Waals surface area contributed by atoms with Gasteiger partial charge in [0.25, 0.3) is 5.91 Å². The molecule has 2 aromatic rings. The summed E-state index contributed by atoms with van der Waals surface area (Å²) in [4.78, 5) is 11.8. The number of rotatable bonds is 4. The van der Waals surface area contributed by atoms with Crippen molar-refractivity contribution in [2.24, 2.45) is 0 Å². The Balaban J connectivity index is 1.96. The molecular formula is C15H14ClFN2O2. The second kappa shape index (κ2) is 6.45. The zero-order valence-corrected chi connectivity index (χ0v) is 12.1. The summed E-state index contributed by atoms with van der Waals surface area (Å²) >= 11 is 5.56. The largest absolute Gasteiger partial charge is 0.484 e. The van der Waals surface area contributed by atoms with Crippen molar-refractivity contribution >= 4 is 28.9 Å². The Bertz CT molecular complexity index is 677. The third-order valence-electron chi connectivity index (χ3n) is 2.91. The molecule has 6 heteroatoms. The van der Waals surface area contributed by atoms with Crippen molar-refractivity contribution in [1.29, 1.82) is 0 Å². The first kappa shape index (κ1) is 15.1. The molecule has 0 saturated carbocycles.